The highest BCUT2D eigenvalue weighted by molar-refractivity contribution is 5.96. The quantitative estimate of drug-likeness (QED) is 0.844. The van der Waals surface area contributed by atoms with Crippen LogP contribution in [0.15, 0.2) is 24.3 Å². The maximum atomic E-state index is 12.1. The molecular weight excluding hydrogens is 264 g/mol. The van der Waals surface area contributed by atoms with Gasteiger partial charge in [-0.1, -0.05) is 26.0 Å². The second-order valence-electron chi connectivity index (χ2n) is 4.45. The summed E-state index contributed by atoms with van der Waals surface area (Å²) in [6.45, 7) is 4.52. The Morgan fingerprint density at radius 3 is 2.42 bits per heavy atom. The molecule has 4 nitrogen and oxygen atoms in total. The molecule has 0 aromatic heterocycles. The summed E-state index contributed by atoms with van der Waals surface area (Å²) in [7, 11) is 1.55. The van der Waals surface area contributed by atoms with Crippen LogP contribution in [0.1, 0.15) is 37.0 Å². The lowest BCUT2D eigenvalue weighted by molar-refractivity contribution is 0.0939. The molecule has 0 aliphatic heterocycles. The Bertz CT molecular complexity index is 406. The maximum Gasteiger partial charge on any atom is 0.255 e. The summed E-state index contributed by atoms with van der Waals surface area (Å²) < 4.78 is 5.16. The normalized spacial score (nSPS) is 10.5. The fraction of sp³-hybridized carbons (Fsp3) is 0.500. The molecule has 0 spiro atoms. The van der Waals surface area contributed by atoms with E-state index in [4.69, 9.17) is 10.5 Å². The Balaban J connectivity index is 0.00000324. The molecule has 0 saturated heterocycles. The third-order valence-corrected chi connectivity index (χ3v) is 3.36. The topological polar surface area (TPSA) is 64.3 Å². The van der Waals surface area contributed by atoms with Crippen LogP contribution in [0.5, 0.6) is 5.75 Å². The minimum absolute atomic E-state index is 0. The van der Waals surface area contributed by atoms with Crippen molar-refractivity contribution in [2.75, 3.05) is 13.7 Å². The molecule has 108 valence electrons. The van der Waals surface area contributed by atoms with Gasteiger partial charge in [-0.2, -0.15) is 0 Å². The molecule has 3 N–H and O–H groups in total. The highest BCUT2D eigenvalue weighted by Crippen LogP contribution is 2.17. The van der Waals surface area contributed by atoms with Gasteiger partial charge in [-0.3, -0.25) is 4.79 Å². The van der Waals surface area contributed by atoms with Gasteiger partial charge in [0, 0.05) is 12.1 Å². The Kier molecular flexibility index (Phi) is 7.49. The number of carbonyl (C=O) groups is 1. The Morgan fingerprint density at radius 1 is 1.32 bits per heavy atom. The van der Waals surface area contributed by atoms with Gasteiger partial charge in [-0.15, -0.1) is 12.4 Å². The van der Waals surface area contributed by atoms with Gasteiger partial charge in [-0.25, -0.2) is 0 Å². The number of methoxy groups -OCH3 is 1. The number of nitrogens with one attached hydrogen (secondary N) is 1. The summed E-state index contributed by atoms with van der Waals surface area (Å²) in [5.41, 5.74) is 6.35. The molecule has 0 radical (unpaired) electrons. The monoisotopic (exact) mass is 286 g/mol. The molecule has 0 bridgehead atoms. The van der Waals surface area contributed by atoms with E-state index in [0.717, 1.165) is 12.8 Å². The van der Waals surface area contributed by atoms with Crippen molar-refractivity contribution in [3.63, 3.8) is 0 Å². The predicted octanol–water partition coefficient (Wildman–Crippen LogP) is 2.36. The van der Waals surface area contributed by atoms with Gasteiger partial charge in [0.05, 0.1) is 12.7 Å². The van der Waals surface area contributed by atoms with Gasteiger partial charge in [0.25, 0.3) is 5.91 Å². The van der Waals surface area contributed by atoms with E-state index in [1.807, 2.05) is 26.0 Å². The smallest absolute Gasteiger partial charge is 0.255 e. The Labute approximate surface area is 121 Å². The van der Waals surface area contributed by atoms with Gasteiger partial charge >= 0.3 is 0 Å². The molecule has 0 fully saturated rings. The summed E-state index contributed by atoms with van der Waals surface area (Å²) in [5, 5.41) is 2.87. The lowest BCUT2D eigenvalue weighted by atomic mass is 9.94. The SMILES string of the molecule is CCC(N)(CC)CNC(=O)c1ccccc1OC.Cl. The second-order valence-corrected chi connectivity index (χ2v) is 4.45. The molecule has 1 rings (SSSR count). The highest BCUT2D eigenvalue weighted by Gasteiger charge is 2.21. The number of hydrogen-bond acceptors (Lipinski definition) is 3. The van der Waals surface area contributed by atoms with E-state index in [-0.39, 0.29) is 23.9 Å². The van der Waals surface area contributed by atoms with Crippen LogP contribution < -0.4 is 15.8 Å². The van der Waals surface area contributed by atoms with E-state index in [0.29, 0.717) is 17.9 Å². The van der Waals surface area contributed by atoms with Gasteiger partial charge in [0.1, 0.15) is 5.75 Å². The fourth-order valence-corrected chi connectivity index (χ4v) is 1.68. The lowest BCUT2D eigenvalue weighted by Crippen LogP contribution is -2.49. The van der Waals surface area contributed by atoms with Gasteiger partial charge in [0.15, 0.2) is 0 Å². The number of para-hydroxylation sites is 1. The van der Waals surface area contributed by atoms with E-state index < -0.39 is 0 Å². The third-order valence-electron chi connectivity index (χ3n) is 3.36. The number of ether oxygens (including phenoxy) is 1. The van der Waals surface area contributed by atoms with Crippen molar-refractivity contribution >= 4 is 18.3 Å². The van der Waals surface area contributed by atoms with Gasteiger partial charge in [0.2, 0.25) is 0 Å². The van der Waals surface area contributed by atoms with Crippen LogP contribution >= 0.6 is 12.4 Å². The van der Waals surface area contributed by atoms with Gasteiger partial charge < -0.3 is 15.8 Å². The van der Waals surface area contributed by atoms with Crippen LogP contribution in [0.25, 0.3) is 0 Å². The summed E-state index contributed by atoms with van der Waals surface area (Å²) in [6, 6.07) is 7.15. The third kappa shape index (κ3) is 4.73. The molecule has 1 aromatic carbocycles. The summed E-state index contributed by atoms with van der Waals surface area (Å²) >= 11 is 0. The maximum absolute atomic E-state index is 12.1. The summed E-state index contributed by atoms with van der Waals surface area (Å²) in [5.74, 6) is 0.426. The molecule has 0 heterocycles. The first-order valence-electron chi connectivity index (χ1n) is 6.26. The minimum atomic E-state index is -0.336. The molecule has 19 heavy (non-hydrogen) atoms. The summed E-state index contributed by atoms with van der Waals surface area (Å²) in [6.07, 6.45) is 1.66. The minimum Gasteiger partial charge on any atom is -0.496 e. The first-order valence-corrected chi connectivity index (χ1v) is 6.26. The van der Waals surface area contributed by atoms with Crippen LogP contribution in [0.2, 0.25) is 0 Å². The standard InChI is InChI=1S/C14H22N2O2.ClH/c1-4-14(15,5-2)10-16-13(17)11-8-6-7-9-12(11)18-3;/h6-9H,4-5,10,15H2,1-3H3,(H,16,17);1H. The van der Waals surface area contributed by atoms with Crippen LogP contribution in [-0.4, -0.2) is 25.1 Å². The number of hydrogen-bond donors (Lipinski definition) is 2. The number of benzene rings is 1. The Morgan fingerprint density at radius 2 is 1.89 bits per heavy atom. The highest BCUT2D eigenvalue weighted by atomic mass is 35.5. The summed E-state index contributed by atoms with van der Waals surface area (Å²) in [4.78, 5) is 12.1. The van der Waals surface area contributed by atoms with E-state index in [1.54, 1.807) is 19.2 Å². The van der Waals surface area contributed by atoms with Crippen molar-refractivity contribution in [1.29, 1.82) is 0 Å². The molecule has 1 amide bonds. The van der Waals surface area contributed by atoms with Crippen molar-refractivity contribution in [2.45, 2.75) is 32.2 Å². The molecule has 0 aliphatic carbocycles. The fourth-order valence-electron chi connectivity index (χ4n) is 1.68. The van der Waals surface area contributed by atoms with Crippen LogP contribution in [-0.2, 0) is 0 Å². The largest absolute Gasteiger partial charge is 0.496 e. The molecule has 0 unspecified atom stereocenters. The molecular formula is C14H23ClN2O2. The number of carbonyl (C=O) groups excluding carboxylic acids is 1. The second kappa shape index (κ2) is 8.02. The van der Waals surface area contributed by atoms with E-state index in [9.17, 15) is 4.79 Å². The van der Waals surface area contributed by atoms with E-state index >= 15 is 0 Å². The average molecular weight is 287 g/mol. The zero-order chi connectivity index (χ0) is 13.6. The first kappa shape index (κ1) is 17.7. The van der Waals surface area contributed by atoms with Crippen molar-refractivity contribution in [3.05, 3.63) is 29.8 Å². The zero-order valence-corrected chi connectivity index (χ0v) is 12.5. The van der Waals surface area contributed by atoms with Crippen LogP contribution in [0.3, 0.4) is 0 Å². The Hall–Kier alpha value is -1.26. The molecule has 1 aromatic rings. The number of halogens is 1. The van der Waals surface area contributed by atoms with E-state index in [1.165, 1.54) is 0 Å². The number of rotatable bonds is 6. The zero-order valence-electron chi connectivity index (χ0n) is 11.7. The number of amides is 1. The van der Waals surface area contributed by atoms with Crippen molar-refractivity contribution in [3.8, 4) is 5.75 Å². The van der Waals surface area contributed by atoms with Crippen LogP contribution in [0, 0.1) is 0 Å². The first-order chi connectivity index (χ1) is 8.56. The molecule has 0 aliphatic rings. The van der Waals surface area contributed by atoms with Crippen molar-refractivity contribution in [1.82, 2.24) is 5.32 Å². The molecule has 0 saturated carbocycles. The lowest BCUT2D eigenvalue weighted by Gasteiger charge is -2.26. The predicted molar refractivity (Wildman–Crippen MR) is 80.1 cm³/mol. The molecule has 5 heteroatoms. The van der Waals surface area contributed by atoms with Crippen LogP contribution in [0.4, 0.5) is 0 Å². The van der Waals surface area contributed by atoms with E-state index in [2.05, 4.69) is 5.32 Å². The van der Waals surface area contributed by atoms with Crippen molar-refractivity contribution < 1.29 is 9.53 Å². The molecule has 0 atom stereocenters. The van der Waals surface area contributed by atoms with Crippen molar-refractivity contribution in [2.24, 2.45) is 5.73 Å². The average Bonchev–Trinajstić information content (AvgIpc) is 2.44. The van der Waals surface area contributed by atoms with Gasteiger partial charge in [-0.05, 0) is 25.0 Å². The number of nitrogens with two attached hydrogens (primary N) is 1.